The Hall–Kier alpha value is -1.23. The lowest BCUT2D eigenvalue weighted by Crippen LogP contribution is -2.16. The number of aromatic nitrogens is 3. The fraction of sp³-hybridized carbons (Fsp3) is 0.500. The quantitative estimate of drug-likeness (QED) is 0.905. The number of hydrogen-bond donors (Lipinski definition) is 1. The van der Waals surface area contributed by atoms with Gasteiger partial charge >= 0.3 is 0 Å². The molecule has 1 fully saturated rings. The molecule has 5 heteroatoms. The van der Waals surface area contributed by atoms with Crippen LogP contribution >= 0.6 is 11.8 Å². The number of aryl methyl sites for hydroxylation is 1. The van der Waals surface area contributed by atoms with E-state index in [2.05, 4.69) is 20.8 Å². The SMILES string of the molecule is CSC1(Cn2c(N)nc3ccc(C)nc32)CC1. The van der Waals surface area contributed by atoms with Crippen molar-refractivity contribution in [2.24, 2.45) is 0 Å². The summed E-state index contributed by atoms with van der Waals surface area (Å²) in [5.74, 6) is 0.582. The van der Waals surface area contributed by atoms with Gasteiger partial charge in [0.25, 0.3) is 0 Å². The van der Waals surface area contributed by atoms with Gasteiger partial charge in [-0.25, -0.2) is 9.97 Å². The molecular formula is C12H16N4S. The first kappa shape index (κ1) is 10.9. The van der Waals surface area contributed by atoms with Crippen molar-refractivity contribution in [3.05, 3.63) is 17.8 Å². The van der Waals surface area contributed by atoms with Gasteiger partial charge in [0.15, 0.2) is 5.65 Å². The predicted molar refractivity (Wildman–Crippen MR) is 72.2 cm³/mol. The van der Waals surface area contributed by atoms with E-state index in [1.807, 2.05) is 30.8 Å². The highest BCUT2D eigenvalue weighted by Crippen LogP contribution is 2.49. The van der Waals surface area contributed by atoms with Gasteiger partial charge in [0.2, 0.25) is 5.95 Å². The molecule has 4 nitrogen and oxygen atoms in total. The molecular weight excluding hydrogens is 232 g/mol. The smallest absolute Gasteiger partial charge is 0.202 e. The second-order valence-corrected chi connectivity index (χ2v) is 6.01. The minimum atomic E-state index is 0.368. The van der Waals surface area contributed by atoms with Crippen LogP contribution in [0.4, 0.5) is 5.95 Å². The Morgan fingerprint density at radius 2 is 2.18 bits per heavy atom. The number of nitrogen functional groups attached to an aromatic ring is 1. The Kier molecular flexibility index (Phi) is 2.33. The number of rotatable bonds is 3. The van der Waals surface area contributed by atoms with Gasteiger partial charge < -0.3 is 5.73 Å². The number of thioether (sulfide) groups is 1. The van der Waals surface area contributed by atoms with Gasteiger partial charge in [0.05, 0.1) is 0 Å². The van der Waals surface area contributed by atoms with E-state index in [1.165, 1.54) is 12.8 Å². The van der Waals surface area contributed by atoms with Crippen LogP contribution in [0.1, 0.15) is 18.5 Å². The fourth-order valence-electron chi connectivity index (χ4n) is 2.12. The number of pyridine rings is 1. The number of nitrogens with zero attached hydrogens (tertiary/aromatic N) is 3. The minimum Gasteiger partial charge on any atom is -0.369 e. The molecule has 1 aliphatic rings. The number of hydrogen-bond acceptors (Lipinski definition) is 4. The third kappa shape index (κ3) is 1.78. The van der Waals surface area contributed by atoms with Crippen LogP contribution in [0.2, 0.25) is 0 Å². The maximum absolute atomic E-state index is 6.00. The maximum Gasteiger partial charge on any atom is 0.202 e. The van der Waals surface area contributed by atoms with Crippen LogP contribution < -0.4 is 5.73 Å². The third-order valence-electron chi connectivity index (χ3n) is 3.45. The van der Waals surface area contributed by atoms with Crippen molar-refractivity contribution >= 4 is 28.9 Å². The molecule has 0 saturated heterocycles. The number of imidazole rings is 1. The van der Waals surface area contributed by atoms with Crippen molar-refractivity contribution in [1.29, 1.82) is 0 Å². The van der Waals surface area contributed by atoms with Gasteiger partial charge in [-0.2, -0.15) is 11.8 Å². The van der Waals surface area contributed by atoms with Crippen LogP contribution in [0.5, 0.6) is 0 Å². The lowest BCUT2D eigenvalue weighted by Gasteiger charge is -2.14. The van der Waals surface area contributed by atoms with Crippen LogP contribution in [0.25, 0.3) is 11.2 Å². The monoisotopic (exact) mass is 248 g/mol. The lowest BCUT2D eigenvalue weighted by atomic mass is 10.3. The highest BCUT2D eigenvalue weighted by Gasteiger charge is 2.42. The van der Waals surface area contributed by atoms with Crippen molar-refractivity contribution in [2.45, 2.75) is 31.1 Å². The molecule has 2 aromatic heterocycles. The standard InChI is InChI=1S/C12H16N4S/c1-8-3-4-9-10(14-8)16(11(13)15-9)7-12(17-2)5-6-12/h3-4H,5-7H2,1-2H3,(H2,13,15). The summed E-state index contributed by atoms with van der Waals surface area (Å²) < 4.78 is 2.43. The van der Waals surface area contributed by atoms with Crippen molar-refractivity contribution in [3.63, 3.8) is 0 Å². The van der Waals surface area contributed by atoms with Crippen molar-refractivity contribution < 1.29 is 0 Å². The highest BCUT2D eigenvalue weighted by molar-refractivity contribution is 8.00. The zero-order chi connectivity index (χ0) is 12.0. The Labute approximate surface area is 105 Å². The highest BCUT2D eigenvalue weighted by atomic mass is 32.2. The average Bonchev–Trinajstić information content (AvgIpc) is 3.03. The molecule has 1 saturated carbocycles. The second-order valence-electron chi connectivity index (χ2n) is 4.74. The molecule has 0 amide bonds. The van der Waals surface area contributed by atoms with Crippen molar-refractivity contribution in [3.8, 4) is 0 Å². The molecule has 0 aromatic carbocycles. The van der Waals surface area contributed by atoms with E-state index < -0.39 is 0 Å². The van der Waals surface area contributed by atoms with Gasteiger partial charge in [-0.1, -0.05) is 0 Å². The van der Waals surface area contributed by atoms with Crippen molar-refractivity contribution in [1.82, 2.24) is 14.5 Å². The van der Waals surface area contributed by atoms with Crippen LogP contribution in [-0.2, 0) is 6.54 Å². The molecule has 0 spiro atoms. The molecule has 0 radical (unpaired) electrons. The lowest BCUT2D eigenvalue weighted by molar-refractivity contribution is 0.681. The van der Waals surface area contributed by atoms with Gasteiger partial charge in [-0.15, -0.1) is 0 Å². The Morgan fingerprint density at radius 1 is 1.41 bits per heavy atom. The molecule has 0 bridgehead atoms. The molecule has 2 N–H and O–H groups in total. The first-order chi connectivity index (χ1) is 8.13. The minimum absolute atomic E-state index is 0.368. The Bertz CT molecular complexity index is 571. The Morgan fingerprint density at radius 3 is 2.82 bits per heavy atom. The fourth-order valence-corrected chi connectivity index (χ4v) is 2.89. The summed E-state index contributed by atoms with van der Waals surface area (Å²) in [5, 5.41) is 0. The van der Waals surface area contributed by atoms with E-state index in [9.17, 15) is 0 Å². The number of fused-ring (bicyclic) bond motifs is 1. The zero-order valence-corrected chi connectivity index (χ0v) is 10.9. The van der Waals surface area contributed by atoms with Crippen LogP contribution in [0, 0.1) is 6.92 Å². The summed E-state index contributed by atoms with van der Waals surface area (Å²) in [4.78, 5) is 8.92. The summed E-state index contributed by atoms with van der Waals surface area (Å²) in [6.45, 7) is 2.92. The summed E-state index contributed by atoms with van der Waals surface area (Å²) in [6, 6.07) is 3.96. The molecule has 0 atom stereocenters. The molecule has 1 aliphatic carbocycles. The zero-order valence-electron chi connectivity index (χ0n) is 10.1. The molecule has 17 heavy (non-hydrogen) atoms. The normalized spacial score (nSPS) is 17.5. The van der Waals surface area contributed by atoms with Crippen LogP contribution in [0.3, 0.4) is 0 Å². The molecule has 2 heterocycles. The summed E-state index contributed by atoms with van der Waals surface area (Å²) in [7, 11) is 0. The first-order valence-corrected chi connectivity index (χ1v) is 7.01. The van der Waals surface area contributed by atoms with E-state index in [0.29, 0.717) is 10.7 Å². The average molecular weight is 248 g/mol. The summed E-state index contributed by atoms with van der Waals surface area (Å²) in [6.07, 6.45) is 4.69. The number of nitrogens with two attached hydrogens (primary N) is 1. The molecule has 0 aliphatic heterocycles. The van der Waals surface area contributed by atoms with Gasteiger partial charge in [-0.05, 0) is 38.2 Å². The summed E-state index contributed by atoms with van der Waals surface area (Å²) >= 11 is 1.93. The second kappa shape index (κ2) is 3.63. The summed E-state index contributed by atoms with van der Waals surface area (Å²) in [5.41, 5.74) is 8.82. The largest absolute Gasteiger partial charge is 0.369 e. The van der Waals surface area contributed by atoms with E-state index in [-0.39, 0.29) is 0 Å². The maximum atomic E-state index is 6.00. The molecule has 2 aromatic rings. The van der Waals surface area contributed by atoms with Crippen LogP contribution in [-0.4, -0.2) is 25.5 Å². The van der Waals surface area contributed by atoms with E-state index in [1.54, 1.807) is 0 Å². The topological polar surface area (TPSA) is 56.7 Å². The Balaban J connectivity index is 2.08. The molecule has 90 valence electrons. The van der Waals surface area contributed by atoms with E-state index in [0.717, 1.165) is 23.4 Å². The van der Waals surface area contributed by atoms with E-state index in [4.69, 9.17) is 5.73 Å². The third-order valence-corrected chi connectivity index (χ3v) is 4.85. The van der Waals surface area contributed by atoms with Gasteiger partial charge in [0, 0.05) is 17.0 Å². The van der Waals surface area contributed by atoms with Gasteiger partial charge in [-0.3, -0.25) is 4.57 Å². The molecule has 0 unspecified atom stereocenters. The predicted octanol–water partition coefficient (Wildman–Crippen LogP) is 2.22. The first-order valence-electron chi connectivity index (χ1n) is 5.78. The van der Waals surface area contributed by atoms with Crippen molar-refractivity contribution in [2.75, 3.05) is 12.0 Å². The van der Waals surface area contributed by atoms with E-state index >= 15 is 0 Å². The van der Waals surface area contributed by atoms with Gasteiger partial charge in [0.1, 0.15) is 5.52 Å². The van der Waals surface area contributed by atoms with Crippen LogP contribution in [0.15, 0.2) is 12.1 Å². The number of anilines is 1. The molecule has 3 rings (SSSR count).